The van der Waals surface area contributed by atoms with Crippen LogP contribution in [0.15, 0.2) is 24.7 Å². The predicted octanol–water partition coefficient (Wildman–Crippen LogP) is 1.25. The number of carbonyl (C=O) groups is 1. The van der Waals surface area contributed by atoms with Gasteiger partial charge in [-0.2, -0.15) is 0 Å². The monoisotopic (exact) mass is 249 g/mol. The second kappa shape index (κ2) is 5.35. The van der Waals surface area contributed by atoms with Gasteiger partial charge >= 0.3 is 0 Å². The Hall–Kier alpha value is -2.02. The van der Waals surface area contributed by atoms with E-state index >= 15 is 0 Å². The summed E-state index contributed by atoms with van der Waals surface area (Å²) in [6, 6.07) is 1.70. The molecule has 0 aromatic carbocycles. The molecular weight excluding hydrogens is 238 g/mol. The van der Waals surface area contributed by atoms with E-state index in [4.69, 9.17) is 0 Å². The first kappa shape index (κ1) is 11.5. The lowest BCUT2D eigenvalue weighted by atomic mass is 10.5. The molecule has 2 rings (SSSR count). The number of nitrogens with zero attached hydrogens (tertiary/aromatic N) is 3. The van der Waals surface area contributed by atoms with Crippen LogP contribution < -0.4 is 10.9 Å². The zero-order valence-corrected chi connectivity index (χ0v) is 9.99. The molecular formula is C10H11N5OS. The second-order valence-corrected chi connectivity index (χ2v) is 4.24. The first-order valence-corrected chi connectivity index (χ1v) is 5.89. The highest BCUT2D eigenvalue weighted by atomic mass is 32.1. The molecule has 0 unspecified atom stereocenters. The van der Waals surface area contributed by atoms with Crippen LogP contribution >= 0.6 is 11.3 Å². The van der Waals surface area contributed by atoms with Crippen LogP contribution in [0.1, 0.15) is 21.6 Å². The Labute approximate surface area is 102 Å². The van der Waals surface area contributed by atoms with Gasteiger partial charge in [-0.3, -0.25) is 15.6 Å². The summed E-state index contributed by atoms with van der Waals surface area (Å²) in [6.07, 6.45) is 5.56. The topological polar surface area (TPSA) is 79.8 Å². The molecule has 7 heteroatoms. The zero-order chi connectivity index (χ0) is 12.1. The van der Waals surface area contributed by atoms with Crippen molar-refractivity contribution >= 4 is 23.2 Å². The van der Waals surface area contributed by atoms with Gasteiger partial charge in [-0.25, -0.2) is 15.0 Å². The molecule has 17 heavy (non-hydrogen) atoms. The summed E-state index contributed by atoms with van der Waals surface area (Å²) in [5.74, 6) is 0.107. The summed E-state index contributed by atoms with van der Waals surface area (Å²) in [5.41, 5.74) is 5.14. The fourth-order valence-electron chi connectivity index (χ4n) is 1.12. The predicted molar refractivity (Wildman–Crippen MR) is 64.6 cm³/mol. The number of aromatic nitrogens is 3. The van der Waals surface area contributed by atoms with Crippen LogP contribution in [0.2, 0.25) is 0 Å². The molecule has 0 fully saturated rings. The highest BCUT2D eigenvalue weighted by molar-refractivity contribution is 7.13. The van der Waals surface area contributed by atoms with Crippen molar-refractivity contribution in [1.29, 1.82) is 0 Å². The lowest BCUT2D eigenvalue weighted by molar-refractivity contribution is 0.0966. The van der Waals surface area contributed by atoms with Crippen LogP contribution in [0.5, 0.6) is 0 Å². The Bertz CT molecular complexity index is 498. The van der Waals surface area contributed by atoms with Crippen molar-refractivity contribution in [3.63, 3.8) is 0 Å². The third kappa shape index (κ3) is 2.97. The van der Waals surface area contributed by atoms with E-state index in [9.17, 15) is 4.79 Å². The SMILES string of the molecule is CCc1ncc(C(=O)NNc2ncccn2)s1. The van der Waals surface area contributed by atoms with Crippen molar-refractivity contribution in [2.24, 2.45) is 0 Å². The van der Waals surface area contributed by atoms with Crippen molar-refractivity contribution in [2.75, 3.05) is 5.43 Å². The lowest BCUT2D eigenvalue weighted by Crippen LogP contribution is -2.29. The molecule has 2 aromatic rings. The molecule has 2 N–H and O–H groups in total. The summed E-state index contributed by atoms with van der Waals surface area (Å²) in [4.78, 5) is 24.2. The van der Waals surface area contributed by atoms with Gasteiger partial charge < -0.3 is 0 Å². The van der Waals surface area contributed by atoms with Crippen molar-refractivity contribution in [1.82, 2.24) is 20.4 Å². The largest absolute Gasteiger partial charge is 0.281 e. The fourth-order valence-corrected chi connectivity index (χ4v) is 1.87. The van der Waals surface area contributed by atoms with Crippen LogP contribution in [-0.4, -0.2) is 20.9 Å². The molecule has 0 radical (unpaired) electrons. The van der Waals surface area contributed by atoms with Crippen molar-refractivity contribution in [3.8, 4) is 0 Å². The minimum absolute atomic E-state index is 0.241. The molecule has 2 heterocycles. The van der Waals surface area contributed by atoms with E-state index in [2.05, 4.69) is 25.8 Å². The van der Waals surface area contributed by atoms with Crippen LogP contribution in [0.25, 0.3) is 0 Å². The number of amides is 1. The van der Waals surface area contributed by atoms with E-state index in [1.807, 2.05) is 6.92 Å². The number of rotatable bonds is 4. The Morgan fingerprint density at radius 1 is 1.35 bits per heavy atom. The van der Waals surface area contributed by atoms with Crippen LogP contribution in [0.4, 0.5) is 5.95 Å². The van der Waals surface area contributed by atoms with Gasteiger partial charge in [-0.1, -0.05) is 6.92 Å². The standard InChI is InChI=1S/C10H11N5OS/c1-2-8-13-6-7(17-8)9(16)14-15-10-11-4-3-5-12-10/h3-6H,2H2,1H3,(H,14,16)(H,11,12,15). The highest BCUT2D eigenvalue weighted by Gasteiger charge is 2.09. The second-order valence-electron chi connectivity index (χ2n) is 3.12. The summed E-state index contributed by atoms with van der Waals surface area (Å²) >= 11 is 1.37. The van der Waals surface area contributed by atoms with Gasteiger partial charge in [0.1, 0.15) is 4.88 Å². The number of anilines is 1. The number of aryl methyl sites for hydroxylation is 1. The molecule has 0 spiro atoms. The summed E-state index contributed by atoms with van der Waals surface area (Å²) in [7, 11) is 0. The van der Waals surface area contributed by atoms with Gasteiger partial charge in [-0.15, -0.1) is 11.3 Å². The van der Waals surface area contributed by atoms with E-state index in [0.717, 1.165) is 11.4 Å². The summed E-state index contributed by atoms with van der Waals surface area (Å²) < 4.78 is 0. The fraction of sp³-hybridized carbons (Fsp3) is 0.200. The molecule has 0 saturated carbocycles. The van der Waals surface area contributed by atoms with E-state index in [1.54, 1.807) is 24.7 Å². The highest BCUT2D eigenvalue weighted by Crippen LogP contribution is 2.12. The van der Waals surface area contributed by atoms with Gasteiger partial charge in [0, 0.05) is 12.4 Å². The minimum Gasteiger partial charge on any atom is -0.266 e. The lowest BCUT2D eigenvalue weighted by Gasteiger charge is -2.04. The van der Waals surface area contributed by atoms with E-state index < -0.39 is 0 Å². The van der Waals surface area contributed by atoms with Crippen LogP contribution in [0.3, 0.4) is 0 Å². The number of thiazole rings is 1. The summed E-state index contributed by atoms with van der Waals surface area (Å²) in [5, 5.41) is 0.936. The molecule has 1 amide bonds. The number of nitrogens with one attached hydrogen (secondary N) is 2. The third-order valence-corrected chi connectivity index (χ3v) is 3.07. The molecule has 0 aliphatic rings. The molecule has 0 aliphatic heterocycles. The van der Waals surface area contributed by atoms with E-state index in [0.29, 0.717) is 10.8 Å². The van der Waals surface area contributed by atoms with Crippen molar-refractivity contribution in [3.05, 3.63) is 34.5 Å². The normalized spacial score (nSPS) is 9.94. The smallest absolute Gasteiger partial charge is 0.266 e. The quantitative estimate of drug-likeness (QED) is 0.797. The molecule has 2 aromatic heterocycles. The summed E-state index contributed by atoms with van der Waals surface area (Å²) in [6.45, 7) is 2.00. The van der Waals surface area contributed by atoms with Crippen molar-refractivity contribution in [2.45, 2.75) is 13.3 Å². The number of hydrazine groups is 1. The Morgan fingerprint density at radius 2 is 2.12 bits per heavy atom. The maximum Gasteiger partial charge on any atom is 0.281 e. The molecule has 0 bridgehead atoms. The van der Waals surface area contributed by atoms with Gasteiger partial charge in [0.2, 0.25) is 5.95 Å². The Kier molecular flexibility index (Phi) is 3.61. The van der Waals surface area contributed by atoms with Gasteiger partial charge in [0.05, 0.1) is 11.2 Å². The van der Waals surface area contributed by atoms with Gasteiger partial charge in [0.15, 0.2) is 0 Å². The zero-order valence-electron chi connectivity index (χ0n) is 9.17. The Balaban J connectivity index is 1.93. The molecule has 0 aliphatic carbocycles. The van der Waals surface area contributed by atoms with Crippen LogP contribution in [0, 0.1) is 0 Å². The number of hydrogen-bond donors (Lipinski definition) is 2. The molecule has 0 saturated heterocycles. The number of carbonyl (C=O) groups excluding carboxylic acids is 1. The molecule has 0 atom stereocenters. The van der Waals surface area contributed by atoms with E-state index in [-0.39, 0.29) is 5.91 Å². The average molecular weight is 249 g/mol. The first-order valence-electron chi connectivity index (χ1n) is 5.07. The minimum atomic E-state index is -0.241. The van der Waals surface area contributed by atoms with Gasteiger partial charge in [-0.05, 0) is 12.5 Å². The first-order chi connectivity index (χ1) is 8.29. The van der Waals surface area contributed by atoms with Gasteiger partial charge in [0.25, 0.3) is 5.91 Å². The average Bonchev–Trinajstić information content (AvgIpc) is 2.86. The number of hydrogen-bond acceptors (Lipinski definition) is 6. The van der Waals surface area contributed by atoms with E-state index in [1.165, 1.54) is 11.3 Å². The Morgan fingerprint density at radius 3 is 2.76 bits per heavy atom. The maximum absolute atomic E-state index is 11.7. The maximum atomic E-state index is 11.7. The molecule has 6 nitrogen and oxygen atoms in total. The van der Waals surface area contributed by atoms with Crippen LogP contribution in [-0.2, 0) is 6.42 Å². The third-order valence-electron chi connectivity index (χ3n) is 1.93. The van der Waals surface area contributed by atoms with Crippen molar-refractivity contribution < 1.29 is 4.79 Å². The molecule has 88 valence electrons.